The van der Waals surface area contributed by atoms with E-state index >= 15 is 0 Å². The molecular weight excluding hydrogens is 389 g/mol. The molecule has 4 rings (SSSR count). The highest BCUT2D eigenvalue weighted by Gasteiger charge is 2.30. The number of alkyl halides is 3. The first-order chi connectivity index (χ1) is 14.4. The number of aromatic nitrogens is 3. The summed E-state index contributed by atoms with van der Waals surface area (Å²) in [5.41, 5.74) is 9.42. The van der Waals surface area contributed by atoms with E-state index in [1.54, 1.807) is 16.9 Å². The molecule has 4 nitrogen and oxygen atoms in total. The van der Waals surface area contributed by atoms with Crippen molar-refractivity contribution < 1.29 is 13.2 Å². The molecule has 2 aromatic heterocycles. The lowest BCUT2D eigenvalue weighted by molar-refractivity contribution is -0.137. The Morgan fingerprint density at radius 3 is 2.27 bits per heavy atom. The summed E-state index contributed by atoms with van der Waals surface area (Å²) < 4.78 is 40.0. The van der Waals surface area contributed by atoms with E-state index in [2.05, 4.69) is 10.1 Å². The third kappa shape index (κ3) is 4.52. The Balaban J connectivity index is 0.00000124. The van der Waals surface area contributed by atoms with Crippen LogP contribution in [0.25, 0.3) is 16.8 Å². The molecule has 0 bridgehead atoms. The lowest BCUT2D eigenvalue weighted by atomic mass is 10.0. The van der Waals surface area contributed by atoms with Crippen molar-refractivity contribution in [2.45, 2.75) is 32.5 Å². The van der Waals surface area contributed by atoms with E-state index in [0.717, 1.165) is 23.4 Å². The summed E-state index contributed by atoms with van der Waals surface area (Å²) in [6, 6.07) is 16.4. The van der Waals surface area contributed by atoms with E-state index < -0.39 is 11.7 Å². The van der Waals surface area contributed by atoms with Gasteiger partial charge in [-0.2, -0.15) is 18.3 Å². The van der Waals surface area contributed by atoms with Gasteiger partial charge in [-0.3, -0.25) is 0 Å². The zero-order chi connectivity index (χ0) is 21.7. The second kappa shape index (κ2) is 9.09. The predicted octanol–water partition coefficient (Wildman–Crippen LogP) is 5.68. The van der Waals surface area contributed by atoms with Crippen LogP contribution >= 0.6 is 0 Å². The highest BCUT2D eigenvalue weighted by Crippen LogP contribution is 2.32. The van der Waals surface area contributed by atoms with Gasteiger partial charge in [0.25, 0.3) is 0 Å². The third-order valence-corrected chi connectivity index (χ3v) is 4.63. The van der Waals surface area contributed by atoms with Gasteiger partial charge >= 0.3 is 6.18 Å². The number of halogens is 3. The van der Waals surface area contributed by atoms with Crippen LogP contribution in [0, 0.1) is 0 Å². The summed E-state index contributed by atoms with van der Waals surface area (Å²) in [5.74, 6) is 0. The number of nitrogens with two attached hydrogens (primary N) is 1. The fraction of sp³-hybridized carbons (Fsp3) is 0.217. The Kier molecular flexibility index (Phi) is 6.52. The molecule has 1 atom stereocenters. The maximum absolute atomic E-state index is 12.8. The number of fused-ring (bicyclic) bond motifs is 1. The van der Waals surface area contributed by atoms with E-state index in [-0.39, 0.29) is 6.04 Å². The first-order valence-electron chi connectivity index (χ1n) is 9.73. The van der Waals surface area contributed by atoms with Crippen LogP contribution in [-0.2, 0) is 12.6 Å². The molecule has 2 aromatic carbocycles. The van der Waals surface area contributed by atoms with Crippen LogP contribution in [0.5, 0.6) is 0 Å². The van der Waals surface area contributed by atoms with Gasteiger partial charge in [0, 0.05) is 11.8 Å². The molecule has 0 aliphatic carbocycles. The summed E-state index contributed by atoms with van der Waals surface area (Å²) in [6.07, 6.45) is -0.487. The molecule has 0 spiro atoms. The van der Waals surface area contributed by atoms with Gasteiger partial charge in [-0.15, -0.1) is 0 Å². The molecule has 7 heteroatoms. The topological polar surface area (TPSA) is 56.2 Å². The van der Waals surface area contributed by atoms with Crippen LogP contribution in [0.15, 0.2) is 73.1 Å². The van der Waals surface area contributed by atoms with Crippen LogP contribution in [0.1, 0.15) is 36.7 Å². The zero-order valence-electron chi connectivity index (χ0n) is 16.8. The minimum absolute atomic E-state index is 0.298. The second-order valence-corrected chi connectivity index (χ2v) is 6.53. The average Bonchev–Trinajstić information content (AvgIpc) is 3.19. The molecular formula is C23H23F3N4. The number of nitrogens with zero attached hydrogens (tertiary/aromatic N) is 3. The lowest BCUT2D eigenvalue weighted by Crippen LogP contribution is -2.17. The Morgan fingerprint density at radius 1 is 0.967 bits per heavy atom. The molecule has 0 amide bonds. The van der Waals surface area contributed by atoms with Crippen molar-refractivity contribution in [2.75, 3.05) is 0 Å². The van der Waals surface area contributed by atoms with Gasteiger partial charge in [-0.1, -0.05) is 56.3 Å². The molecule has 2 N–H and O–H groups in total. The van der Waals surface area contributed by atoms with Crippen molar-refractivity contribution >= 4 is 5.65 Å². The molecule has 0 saturated heterocycles. The predicted molar refractivity (Wildman–Crippen MR) is 112 cm³/mol. The van der Waals surface area contributed by atoms with Gasteiger partial charge in [0.05, 0.1) is 23.5 Å². The van der Waals surface area contributed by atoms with Gasteiger partial charge in [-0.25, -0.2) is 9.50 Å². The van der Waals surface area contributed by atoms with Gasteiger partial charge in [0.2, 0.25) is 0 Å². The maximum Gasteiger partial charge on any atom is 0.416 e. The molecule has 0 aliphatic rings. The Bertz CT molecular complexity index is 1090. The fourth-order valence-electron chi connectivity index (χ4n) is 3.21. The minimum Gasteiger partial charge on any atom is -0.322 e. The first kappa shape index (κ1) is 21.5. The average molecular weight is 412 g/mol. The maximum atomic E-state index is 12.8. The molecule has 0 fully saturated rings. The lowest BCUT2D eigenvalue weighted by Gasteiger charge is -2.13. The van der Waals surface area contributed by atoms with Crippen LogP contribution < -0.4 is 5.73 Å². The molecule has 0 radical (unpaired) electrons. The zero-order valence-corrected chi connectivity index (χ0v) is 16.8. The van der Waals surface area contributed by atoms with Crippen molar-refractivity contribution in [1.82, 2.24) is 14.6 Å². The first-order valence-corrected chi connectivity index (χ1v) is 9.73. The number of benzene rings is 2. The van der Waals surface area contributed by atoms with Crippen molar-refractivity contribution in [3.05, 3.63) is 89.9 Å². The van der Waals surface area contributed by atoms with Gasteiger partial charge in [0.15, 0.2) is 5.65 Å². The molecule has 0 aliphatic heterocycles. The Labute approximate surface area is 173 Å². The summed E-state index contributed by atoms with van der Waals surface area (Å²) in [4.78, 5) is 4.36. The van der Waals surface area contributed by atoms with Gasteiger partial charge in [0.1, 0.15) is 0 Å². The molecule has 4 aromatic rings. The van der Waals surface area contributed by atoms with Crippen molar-refractivity contribution in [3.8, 4) is 11.1 Å². The van der Waals surface area contributed by atoms with Gasteiger partial charge in [-0.05, 0) is 35.7 Å². The summed E-state index contributed by atoms with van der Waals surface area (Å²) in [7, 11) is 0. The fourth-order valence-corrected chi connectivity index (χ4v) is 3.21. The Morgan fingerprint density at radius 2 is 1.63 bits per heavy atom. The highest BCUT2D eigenvalue weighted by molar-refractivity contribution is 5.77. The standard InChI is InChI=1S/C21H17F3N4.C2H6/c22-21(23,24)16-8-6-15(7-9-16)17-13-27-28-19(10-11-26-20(17)28)18(25)12-14-4-2-1-3-5-14;1-2/h1-11,13,18H,12,25H2;1-2H3. The molecule has 30 heavy (non-hydrogen) atoms. The molecule has 156 valence electrons. The molecule has 0 saturated carbocycles. The highest BCUT2D eigenvalue weighted by atomic mass is 19.4. The minimum atomic E-state index is -4.37. The normalized spacial score (nSPS) is 12.3. The summed E-state index contributed by atoms with van der Waals surface area (Å²) >= 11 is 0. The number of hydrogen-bond acceptors (Lipinski definition) is 3. The second-order valence-electron chi connectivity index (χ2n) is 6.53. The van der Waals surface area contributed by atoms with E-state index in [4.69, 9.17) is 5.73 Å². The monoisotopic (exact) mass is 412 g/mol. The largest absolute Gasteiger partial charge is 0.416 e. The number of hydrogen-bond donors (Lipinski definition) is 1. The van der Waals surface area contributed by atoms with Gasteiger partial charge < -0.3 is 5.73 Å². The third-order valence-electron chi connectivity index (χ3n) is 4.63. The molecule has 2 heterocycles. The smallest absolute Gasteiger partial charge is 0.322 e. The number of rotatable bonds is 4. The van der Waals surface area contributed by atoms with E-state index in [9.17, 15) is 13.2 Å². The summed E-state index contributed by atoms with van der Waals surface area (Å²) in [5, 5.41) is 4.38. The van der Waals surface area contributed by atoms with Crippen molar-refractivity contribution in [3.63, 3.8) is 0 Å². The van der Waals surface area contributed by atoms with E-state index in [0.29, 0.717) is 23.2 Å². The summed E-state index contributed by atoms with van der Waals surface area (Å²) in [6.45, 7) is 4.00. The van der Waals surface area contributed by atoms with E-state index in [1.807, 2.05) is 50.2 Å². The Hall–Kier alpha value is -3.19. The van der Waals surface area contributed by atoms with Crippen molar-refractivity contribution in [2.24, 2.45) is 5.73 Å². The van der Waals surface area contributed by atoms with Crippen molar-refractivity contribution in [1.29, 1.82) is 0 Å². The molecule has 1 unspecified atom stereocenters. The SMILES string of the molecule is CC.NC(Cc1ccccc1)c1ccnc2c(-c3ccc(C(F)(F)F)cc3)cnn12. The van der Waals surface area contributed by atoms with Crippen LogP contribution in [0.4, 0.5) is 13.2 Å². The van der Waals surface area contributed by atoms with Crippen LogP contribution in [0.3, 0.4) is 0 Å². The van der Waals surface area contributed by atoms with Crippen LogP contribution in [-0.4, -0.2) is 14.6 Å². The van der Waals surface area contributed by atoms with E-state index in [1.165, 1.54) is 12.1 Å². The van der Waals surface area contributed by atoms with Crippen LogP contribution in [0.2, 0.25) is 0 Å². The quantitative estimate of drug-likeness (QED) is 0.469.